The topological polar surface area (TPSA) is 49.4 Å². The standard InChI is InChI=1S/C23H21ClN2O2S/c1-26-21(19-7-4-14-29-19)20(17-5-2-3-6-18(17)23(26)28)22(27)25-13-12-15-8-10-16(24)11-9-15/h2-11,14,20-21H,12-13H2,1H3,(H,25,27)/t20-,21-/m0/s1. The molecule has 2 aromatic carbocycles. The second kappa shape index (κ2) is 8.39. The molecule has 3 aromatic rings. The first-order chi connectivity index (χ1) is 14.1. The summed E-state index contributed by atoms with van der Waals surface area (Å²) >= 11 is 7.50. The highest BCUT2D eigenvalue weighted by molar-refractivity contribution is 7.10. The van der Waals surface area contributed by atoms with Gasteiger partial charge < -0.3 is 10.2 Å². The van der Waals surface area contributed by atoms with Crippen LogP contribution in [0.4, 0.5) is 0 Å². The number of nitrogens with one attached hydrogen (secondary N) is 1. The number of hydrogen-bond donors (Lipinski definition) is 1. The molecule has 1 aliphatic rings. The van der Waals surface area contributed by atoms with Crippen LogP contribution in [0.5, 0.6) is 0 Å². The number of fused-ring (bicyclic) bond motifs is 1. The van der Waals surface area contributed by atoms with E-state index in [2.05, 4.69) is 5.32 Å². The lowest BCUT2D eigenvalue weighted by molar-refractivity contribution is -0.124. The summed E-state index contributed by atoms with van der Waals surface area (Å²) in [5, 5.41) is 5.75. The number of thiophene rings is 1. The molecule has 4 rings (SSSR count). The summed E-state index contributed by atoms with van der Waals surface area (Å²) in [6.45, 7) is 0.522. The lowest BCUT2D eigenvalue weighted by atomic mass is 9.81. The van der Waals surface area contributed by atoms with Gasteiger partial charge in [-0.2, -0.15) is 0 Å². The van der Waals surface area contributed by atoms with Crippen molar-refractivity contribution in [3.63, 3.8) is 0 Å². The summed E-state index contributed by atoms with van der Waals surface area (Å²) in [6, 6.07) is 18.7. The van der Waals surface area contributed by atoms with Crippen molar-refractivity contribution in [2.75, 3.05) is 13.6 Å². The third-order valence-electron chi connectivity index (χ3n) is 5.32. The Labute approximate surface area is 179 Å². The predicted octanol–water partition coefficient (Wildman–Crippen LogP) is 4.67. The first kappa shape index (κ1) is 19.7. The first-order valence-corrected chi connectivity index (χ1v) is 10.7. The van der Waals surface area contributed by atoms with Gasteiger partial charge in [0.15, 0.2) is 0 Å². The van der Waals surface area contributed by atoms with E-state index in [9.17, 15) is 9.59 Å². The molecule has 0 fully saturated rings. The van der Waals surface area contributed by atoms with Crippen LogP contribution in [-0.4, -0.2) is 30.3 Å². The highest BCUT2D eigenvalue weighted by atomic mass is 35.5. The summed E-state index contributed by atoms with van der Waals surface area (Å²) in [4.78, 5) is 28.9. The molecule has 2 heterocycles. The molecule has 2 atom stereocenters. The van der Waals surface area contributed by atoms with Crippen molar-refractivity contribution in [1.29, 1.82) is 0 Å². The molecule has 29 heavy (non-hydrogen) atoms. The van der Waals surface area contributed by atoms with Crippen molar-refractivity contribution < 1.29 is 9.59 Å². The van der Waals surface area contributed by atoms with Gasteiger partial charge in [0, 0.05) is 29.1 Å². The van der Waals surface area contributed by atoms with E-state index in [0.717, 1.165) is 22.4 Å². The van der Waals surface area contributed by atoms with Crippen molar-refractivity contribution in [1.82, 2.24) is 10.2 Å². The molecule has 0 unspecified atom stereocenters. The van der Waals surface area contributed by atoms with Crippen molar-refractivity contribution in [2.24, 2.45) is 0 Å². The van der Waals surface area contributed by atoms with Gasteiger partial charge in [-0.05, 0) is 47.2 Å². The van der Waals surface area contributed by atoms with Crippen LogP contribution in [0.25, 0.3) is 0 Å². The molecule has 0 saturated carbocycles. The molecule has 1 N–H and O–H groups in total. The molecule has 0 bridgehead atoms. The van der Waals surface area contributed by atoms with Gasteiger partial charge in [0.25, 0.3) is 5.91 Å². The van der Waals surface area contributed by atoms with Crippen molar-refractivity contribution in [2.45, 2.75) is 18.4 Å². The number of hydrogen-bond acceptors (Lipinski definition) is 3. The van der Waals surface area contributed by atoms with Crippen molar-refractivity contribution in [3.8, 4) is 0 Å². The fourth-order valence-electron chi connectivity index (χ4n) is 3.86. The Morgan fingerprint density at radius 1 is 1.10 bits per heavy atom. The lowest BCUT2D eigenvalue weighted by Crippen LogP contribution is -2.45. The molecule has 1 aliphatic heterocycles. The molecule has 0 aliphatic carbocycles. The van der Waals surface area contributed by atoms with Gasteiger partial charge in [-0.25, -0.2) is 0 Å². The Morgan fingerprint density at radius 2 is 1.86 bits per heavy atom. The summed E-state index contributed by atoms with van der Waals surface area (Å²) in [7, 11) is 1.77. The number of carbonyl (C=O) groups is 2. The SMILES string of the molecule is CN1C(=O)c2ccccc2[C@H](C(=O)NCCc2ccc(Cl)cc2)[C@@H]1c1cccs1. The smallest absolute Gasteiger partial charge is 0.254 e. The zero-order valence-electron chi connectivity index (χ0n) is 16.0. The second-order valence-electron chi connectivity index (χ2n) is 7.11. The van der Waals surface area contributed by atoms with Crippen molar-refractivity contribution in [3.05, 3.63) is 92.6 Å². The average molecular weight is 425 g/mol. The first-order valence-electron chi connectivity index (χ1n) is 9.48. The summed E-state index contributed by atoms with van der Waals surface area (Å²) in [6.07, 6.45) is 0.718. The van der Waals surface area contributed by atoms with Crippen LogP contribution in [0.2, 0.25) is 5.02 Å². The van der Waals surface area contributed by atoms with Crippen LogP contribution in [0.3, 0.4) is 0 Å². The third-order valence-corrected chi connectivity index (χ3v) is 6.52. The van der Waals surface area contributed by atoms with E-state index in [-0.39, 0.29) is 17.9 Å². The second-order valence-corrected chi connectivity index (χ2v) is 8.52. The minimum Gasteiger partial charge on any atom is -0.355 e. The van der Waals surface area contributed by atoms with E-state index < -0.39 is 5.92 Å². The van der Waals surface area contributed by atoms with Crippen LogP contribution in [0.1, 0.15) is 38.3 Å². The van der Waals surface area contributed by atoms with E-state index in [1.54, 1.807) is 29.4 Å². The maximum Gasteiger partial charge on any atom is 0.254 e. The highest BCUT2D eigenvalue weighted by Crippen LogP contribution is 2.43. The van der Waals surface area contributed by atoms with Gasteiger partial charge in [0.05, 0.1) is 12.0 Å². The molecule has 4 nitrogen and oxygen atoms in total. The summed E-state index contributed by atoms with van der Waals surface area (Å²) in [5.41, 5.74) is 2.50. The van der Waals surface area contributed by atoms with Gasteiger partial charge in [-0.15, -0.1) is 11.3 Å². The molecule has 0 saturated heterocycles. The Kier molecular flexibility index (Phi) is 5.69. The molecule has 0 spiro atoms. The van der Waals surface area contributed by atoms with Gasteiger partial charge >= 0.3 is 0 Å². The minimum absolute atomic E-state index is 0.0517. The fraction of sp³-hybridized carbons (Fsp3) is 0.217. The maximum atomic E-state index is 13.3. The molecule has 148 valence electrons. The number of nitrogens with zero attached hydrogens (tertiary/aromatic N) is 1. The third kappa shape index (κ3) is 3.93. The number of rotatable bonds is 5. The predicted molar refractivity (Wildman–Crippen MR) is 117 cm³/mol. The Morgan fingerprint density at radius 3 is 2.59 bits per heavy atom. The lowest BCUT2D eigenvalue weighted by Gasteiger charge is -2.39. The average Bonchev–Trinajstić information content (AvgIpc) is 3.26. The van der Waals surface area contributed by atoms with E-state index in [0.29, 0.717) is 17.1 Å². The quantitative estimate of drug-likeness (QED) is 0.647. The van der Waals surface area contributed by atoms with E-state index >= 15 is 0 Å². The van der Waals surface area contributed by atoms with Crippen LogP contribution >= 0.6 is 22.9 Å². The molecular formula is C23H21ClN2O2S. The van der Waals surface area contributed by atoms with Crippen LogP contribution in [0.15, 0.2) is 66.0 Å². The van der Waals surface area contributed by atoms with Gasteiger partial charge in [-0.1, -0.05) is 48.0 Å². The van der Waals surface area contributed by atoms with Crippen LogP contribution in [-0.2, 0) is 11.2 Å². The number of carbonyl (C=O) groups excluding carboxylic acids is 2. The molecular weight excluding hydrogens is 404 g/mol. The monoisotopic (exact) mass is 424 g/mol. The normalized spacial score (nSPS) is 18.4. The van der Waals surface area contributed by atoms with Crippen LogP contribution < -0.4 is 5.32 Å². The van der Waals surface area contributed by atoms with Gasteiger partial charge in [0.1, 0.15) is 0 Å². The van der Waals surface area contributed by atoms with E-state index in [1.165, 1.54) is 0 Å². The van der Waals surface area contributed by atoms with E-state index in [4.69, 9.17) is 11.6 Å². The zero-order valence-corrected chi connectivity index (χ0v) is 17.5. The highest BCUT2D eigenvalue weighted by Gasteiger charge is 2.42. The molecule has 6 heteroatoms. The van der Waals surface area contributed by atoms with Gasteiger partial charge in [-0.3, -0.25) is 9.59 Å². The Bertz CT molecular complexity index is 1020. The number of amides is 2. The van der Waals surface area contributed by atoms with Crippen LogP contribution in [0, 0.1) is 0 Å². The minimum atomic E-state index is -0.447. The molecule has 0 radical (unpaired) electrons. The maximum absolute atomic E-state index is 13.3. The summed E-state index contributed by atoms with van der Waals surface area (Å²) in [5.74, 6) is -0.564. The Balaban J connectivity index is 1.59. The van der Waals surface area contributed by atoms with E-state index in [1.807, 2.05) is 60.0 Å². The Hall–Kier alpha value is -2.63. The number of halogens is 1. The molecule has 2 amide bonds. The summed E-state index contributed by atoms with van der Waals surface area (Å²) < 4.78 is 0. The largest absolute Gasteiger partial charge is 0.355 e. The molecule has 1 aromatic heterocycles. The fourth-order valence-corrected chi connectivity index (χ4v) is 4.89. The number of likely N-dealkylation sites (N-methyl/N-ethyl adjacent to an activating group) is 1. The zero-order chi connectivity index (χ0) is 20.4. The van der Waals surface area contributed by atoms with Crippen molar-refractivity contribution >= 4 is 34.8 Å². The number of benzene rings is 2. The van der Waals surface area contributed by atoms with Gasteiger partial charge in [0.2, 0.25) is 5.91 Å².